The third-order valence-electron chi connectivity index (χ3n) is 9.84. The average Bonchev–Trinajstić information content (AvgIpc) is 3.17. The van der Waals surface area contributed by atoms with Gasteiger partial charge in [-0.3, -0.25) is 14.5 Å². The molecule has 8 nitrogen and oxygen atoms in total. The number of rotatable bonds is 7. The number of anilines is 2. The van der Waals surface area contributed by atoms with Crippen molar-refractivity contribution in [3.05, 3.63) is 129 Å². The number of ether oxygens (including phenoxy) is 2. The van der Waals surface area contributed by atoms with Crippen LogP contribution in [0.15, 0.2) is 97.1 Å². The highest BCUT2D eigenvalue weighted by atomic mass is 35.5. The summed E-state index contributed by atoms with van der Waals surface area (Å²) in [5.41, 5.74) is 5.00. The Labute approximate surface area is 343 Å². The number of fused-ring (bicyclic) bond motifs is 4. The topological polar surface area (TPSA) is 91.9 Å². The fourth-order valence-electron chi connectivity index (χ4n) is 7.22. The molecule has 0 unspecified atom stereocenters. The maximum Gasteiger partial charge on any atom is 0.255 e. The molecule has 3 radical (unpaired) electrons. The van der Waals surface area contributed by atoms with Gasteiger partial charge in [-0.05, 0) is 120 Å². The Hall–Kier alpha value is -3.41. The summed E-state index contributed by atoms with van der Waals surface area (Å²) < 4.78 is 11.1. The number of benzene rings is 4. The van der Waals surface area contributed by atoms with E-state index in [9.17, 15) is 9.59 Å². The van der Waals surface area contributed by atoms with E-state index in [1.807, 2.05) is 36.4 Å². The normalized spacial score (nSPS) is 21.1. The molecule has 4 atom stereocenters. The SMILES string of the molecule is C.C1NC[C@H]2COC[C@@H]1C2.O=C(Nc1ccc(CCl)cc1)c1ccc(Cl)cc1.O=C(Nc1ccc(CN2C[C@@H]3COC[C@@H](C3)C2)cc1)c1ccc(Cl)cc1.[B]. The fraction of sp³-hybridized carbons (Fsp3) is 0.395. The molecule has 3 N–H and O–H groups in total. The lowest BCUT2D eigenvalue weighted by Gasteiger charge is -2.41. The van der Waals surface area contributed by atoms with Crippen LogP contribution in [-0.4, -0.2) is 77.7 Å². The van der Waals surface area contributed by atoms with Crippen molar-refractivity contribution in [3.8, 4) is 0 Å². The Balaban J connectivity index is 0.000000201. The summed E-state index contributed by atoms with van der Waals surface area (Å²) in [5.74, 6) is 3.17. The number of nitrogens with one attached hydrogen (secondary N) is 3. The van der Waals surface area contributed by atoms with Crippen LogP contribution < -0.4 is 16.0 Å². The molecule has 4 saturated heterocycles. The van der Waals surface area contributed by atoms with E-state index in [0.717, 1.165) is 74.8 Å². The number of piperidine rings is 2. The van der Waals surface area contributed by atoms with Crippen molar-refractivity contribution >= 4 is 66.4 Å². The minimum atomic E-state index is -0.162. The van der Waals surface area contributed by atoms with Crippen LogP contribution in [0.4, 0.5) is 11.4 Å². The lowest BCUT2D eigenvalue weighted by Crippen LogP contribution is -2.46. The van der Waals surface area contributed by atoms with E-state index in [1.54, 1.807) is 48.5 Å². The molecule has 0 aromatic heterocycles. The summed E-state index contributed by atoms with van der Waals surface area (Å²) in [6, 6.07) is 29.2. The minimum absolute atomic E-state index is 0. The fourth-order valence-corrected chi connectivity index (χ4v) is 7.65. The molecular formula is C43H51BCl3N4O4. The van der Waals surface area contributed by atoms with E-state index in [2.05, 4.69) is 33.0 Å². The third-order valence-corrected chi connectivity index (χ3v) is 10.7. The highest BCUT2D eigenvalue weighted by Crippen LogP contribution is 2.28. The molecule has 4 aliphatic rings. The zero-order chi connectivity index (χ0) is 37.0. The first-order chi connectivity index (χ1) is 25.8. The Bertz CT molecular complexity index is 1730. The molecule has 4 aliphatic heterocycles. The van der Waals surface area contributed by atoms with Gasteiger partial charge in [-0.1, -0.05) is 54.9 Å². The lowest BCUT2D eigenvalue weighted by molar-refractivity contribution is -0.0425. The maximum absolute atomic E-state index is 12.3. The number of amides is 2. The van der Waals surface area contributed by atoms with Crippen LogP contribution in [0.3, 0.4) is 0 Å². The predicted octanol–water partition coefficient (Wildman–Crippen LogP) is 8.89. The first-order valence-electron chi connectivity index (χ1n) is 18.3. The number of hydrogen-bond donors (Lipinski definition) is 3. The molecule has 0 saturated carbocycles. The largest absolute Gasteiger partial charge is 0.381 e. The number of carbonyl (C=O) groups is 2. The van der Waals surface area contributed by atoms with Crippen LogP contribution in [0.25, 0.3) is 0 Å². The Morgan fingerprint density at radius 1 is 0.618 bits per heavy atom. The average molecular weight is 805 g/mol. The van der Waals surface area contributed by atoms with Gasteiger partial charge in [0.2, 0.25) is 0 Å². The Morgan fingerprint density at radius 2 is 1.02 bits per heavy atom. The van der Waals surface area contributed by atoms with Gasteiger partial charge in [0.05, 0.1) is 26.4 Å². The van der Waals surface area contributed by atoms with Crippen molar-refractivity contribution in [2.24, 2.45) is 23.7 Å². The number of alkyl halides is 1. The zero-order valence-corrected chi connectivity index (χ0v) is 32.6. The molecule has 12 heteroatoms. The second kappa shape index (κ2) is 22.4. The molecule has 4 fully saturated rings. The van der Waals surface area contributed by atoms with Gasteiger partial charge >= 0.3 is 0 Å². The lowest BCUT2D eigenvalue weighted by atomic mass is 9.88. The second-order valence-electron chi connectivity index (χ2n) is 14.3. The standard InChI is InChI=1S/C21H23ClN2O2.C14H11Cl2NO.C7H13NO.CH4.B/c22-19-5-3-18(4-6-19)21(25)23-20-7-1-15(2-8-20)10-24-11-16-9-17(12-24)14-26-13-16;15-9-10-1-7-13(8-2-10)17-14(18)11-3-5-12(16)6-4-11;1-6-2-8-3-7(1)5-9-4-6;;/h1-8,16-17H,9-14H2,(H,23,25);1-8H,9H2,(H,17,18);6-8H,1-5H2;1H4;/t16-,17+;;6-,7+;;. The predicted molar refractivity (Wildman–Crippen MR) is 227 cm³/mol. The summed E-state index contributed by atoms with van der Waals surface area (Å²) in [4.78, 5) is 26.7. The number of halogens is 3. The van der Waals surface area contributed by atoms with Gasteiger partial charge in [0.25, 0.3) is 11.8 Å². The van der Waals surface area contributed by atoms with Gasteiger partial charge < -0.3 is 25.4 Å². The van der Waals surface area contributed by atoms with Crippen molar-refractivity contribution < 1.29 is 19.1 Å². The van der Waals surface area contributed by atoms with Crippen LogP contribution in [0, 0.1) is 23.7 Å². The van der Waals surface area contributed by atoms with E-state index in [-0.39, 0.29) is 27.7 Å². The Kier molecular flexibility index (Phi) is 18.0. The van der Waals surface area contributed by atoms with E-state index >= 15 is 0 Å². The number of likely N-dealkylation sites (tertiary alicyclic amines) is 1. The van der Waals surface area contributed by atoms with Gasteiger partial charge in [0.15, 0.2) is 0 Å². The van der Waals surface area contributed by atoms with E-state index in [1.165, 1.54) is 31.5 Å². The van der Waals surface area contributed by atoms with Gasteiger partial charge in [-0.15, -0.1) is 11.6 Å². The highest BCUT2D eigenvalue weighted by molar-refractivity contribution is 6.31. The van der Waals surface area contributed by atoms with Crippen LogP contribution in [0.2, 0.25) is 10.0 Å². The smallest absolute Gasteiger partial charge is 0.255 e. The molecule has 8 rings (SSSR count). The molecule has 4 aromatic carbocycles. The van der Waals surface area contributed by atoms with Crippen LogP contribution >= 0.6 is 34.8 Å². The number of carbonyl (C=O) groups excluding carboxylic acids is 2. The number of nitrogens with zero attached hydrogens (tertiary/aromatic N) is 1. The molecular weight excluding hydrogens is 754 g/mol. The molecule has 4 aromatic rings. The van der Waals surface area contributed by atoms with Crippen LogP contribution in [0.5, 0.6) is 0 Å². The number of hydrogen-bond acceptors (Lipinski definition) is 6. The maximum atomic E-state index is 12.3. The summed E-state index contributed by atoms with van der Waals surface area (Å²) in [6.07, 6.45) is 2.71. The highest BCUT2D eigenvalue weighted by Gasteiger charge is 2.31. The molecule has 291 valence electrons. The van der Waals surface area contributed by atoms with Crippen molar-refractivity contribution in [1.29, 1.82) is 0 Å². The van der Waals surface area contributed by atoms with Crippen molar-refractivity contribution in [2.45, 2.75) is 32.7 Å². The summed E-state index contributed by atoms with van der Waals surface area (Å²) in [7, 11) is 0. The van der Waals surface area contributed by atoms with E-state index < -0.39 is 0 Å². The van der Waals surface area contributed by atoms with Crippen LogP contribution in [-0.2, 0) is 21.9 Å². The van der Waals surface area contributed by atoms with E-state index in [0.29, 0.717) is 38.9 Å². The van der Waals surface area contributed by atoms with Crippen molar-refractivity contribution in [2.75, 3.05) is 63.2 Å². The molecule has 0 spiro atoms. The first-order valence-corrected chi connectivity index (χ1v) is 19.5. The van der Waals surface area contributed by atoms with Gasteiger partial charge in [-0.25, -0.2) is 0 Å². The van der Waals surface area contributed by atoms with E-state index in [4.69, 9.17) is 44.3 Å². The quantitative estimate of drug-likeness (QED) is 0.128. The second-order valence-corrected chi connectivity index (χ2v) is 15.5. The zero-order valence-electron chi connectivity index (χ0n) is 30.3. The molecule has 2 amide bonds. The molecule has 4 bridgehead atoms. The van der Waals surface area contributed by atoms with Gasteiger partial charge in [0.1, 0.15) is 0 Å². The molecule has 0 aliphatic carbocycles. The molecule has 55 heavy (non-hydrogen) atoms. The van der Waals surface area contributed by atoms with Crippen LogP contribution in [0.1, 0.15) is 52.1 Å². The summed E-state index contributed by atoms with van der Waals surface area (Å²) >= 11 is 17.3. The van der Waals surface area contributed by atoms with Gasteiger partial charge in [0, 0.05) is 79.6 Å². The van der Waals surface area contributed by atoms with Gasteiger partial charge in [-0.2, -0.15) is 0 Å². The van der Waals surface area contributed by atoms with Crippen molar-refractivity contribution in [1.82, 2.24) is 10.2 Å². The third kappa shape index (κ3) is 13.9. The van der Waals surface area contributed by atoms with Crippen molar-refractivity contribution in [3.63, 3.8) is 0 Å². The summed E-state index contributed by atoms with van der Waals surface area (Å²) in [6.45, 7) is 9.33. The first kappa shape index (κ1) is 44.3. The molecule has 4 heterocycles. The summed E-state index contributed by atoms with van der Waals surface area (Å²) in [5, 5.41) is 10.4. The monoisotopic (exact) mass is 803 g/mol. The Morgan fingerprint density at radius 3 is 1.44 bits per heavy atom. The minimum Gasteiger partial charge on any atom is -0.381 e.